The van der Waals surface area contributed by atoms with Gasteiger partial charge >= 0.3 is 11.1 Å². The molecule has 2 heterocycles. The Hall–Kier alpha value is -2.44. The monoisotopic (exact) mass is 248 g/mol. The van der Waals surface area contributed by atoms with Gasteiger partial charge < -0.3 is 10.3 Å². The van der Waals surface area contributed by atoms with Crippen molar-refractivity contribution in [1.29, 1.82) is 0 Å². The van der Waals surface area contributed by atoms with Crippen LogP contribution in [0.4, 0.5) is 0 Å². The fourth-order valence-electron chi connectivity index (χ4n) is 1.82. The first kappa shape index (κ1) is 12.0. The number of rotatable bonds is 1. The van der Waals surface area contributed by atoms with Gasteiger partial charge in [0, 0.05) is 14.1 Å². The summed E-state index contributed by atoms with van der Waals surface area (Å²) in [4.78, 5) is 38.7. The van der Waals surface area contributed by atoms with E-state index in [1.54, 1.807) is 6.92 Å². The molecule has 0 atom stereocenters. The minimum Gasteiger partial charge on any atom is -0.366 e. The molecule has 0 radical (unpaired) electrons. The van der Waals surface area contributed by atoms with Gasteiger partial charge in [0.2, 0.25) is 0 Å². The van der Waals surface area contributed by atoms with E-state index in [0.717, 1.165) is 9.13 Å². The first-order valence-electron chi connectivity index (χ1n) is 5.21. The lowest BCUT2D eigenvalue weighted by molar-refractivity contribution is 0.0999. The van der Waals surface area contributed by atoms with Crippen molar-refractivity contribution in [1.82, 2.24) is 14.1 Å². The number of nitrogens with two attached hydrogens (primary N) is 1. The molecule has 2 N–H and O–H groups in total. The lowest BCUT2D eigenvalue weighted by Gasteiger charge is -2.10. The van der Waals surface area contributed by atoms with E-state index in [1.165, 1.54) is 20.2 Å². The largest absolute Gasteiger partial charge is 0.366 e. The number of carbonyl (C=O) groups is 1. The molecule has 0 unspecified atom stereocenters. The second-order valence-electron chi connectivity index (χ2n) is 4.06. The molecular formula is C11H12N4O3. The van der Waals surface area contributed by atoms with E-state index < -0.39 is 17.0 Å². The van der Waals surface area contributed by atoms with Crippen molar-refractivity contribution in [2.24, 2.45) is 19.8 Å². The van der Waals surface area contributed by atoms with Crippen molar-refractivity contribution in [2.45, 2.75) is 6.92 Å². The third-order valence-electron chi connectivity index (χ3n) is 2.91. The summed E-state index contributed by atoms with van der Waals surface area (Å²) in [5, 5.41) is 0. The summed E-state index contributed by atoms with van der Waals surface area (Å²) in [6.45, 7) is 1.62. The van der Waals surface area contributed by atoms with Gasteiger partial charge in [-0.05, 0) is 13.0 Å². The summed E-state index contributed by atoms with van der Waals surface area (Å²) in [5.41, 5.74) is 5.27. The van der Waals surface area contributed by atoms with Crippen molar-refractivity contribution >= 4 is 17.1 Å². The number of pyridine rings is 1. The molecule has 2 aromatic heterocycles. The second kappa shape index (κ2) is 3.80. The van der Waals surface area contributed by atoms with Gasteiger partial charge in [-0.1, -0.05) is 0 Å². The topological polar surface area (TPSA) is 100.0 Å². The molecule has 18 heavy (non-hydrogen) atoms. The van der Waals surface area contributed by atoms with Crippen LogP contribution in [0.3, 0.4) is 0 Å². The first-order valence-corrected chi connectivity index (χ1v) is 5.21. The predicted octanol–water partition coefficient (Wildman–Crippen LogP) is -0.960. The van der Waals surface area contributed by atoms with Gasteiger partial charge in [-0.3, -0.25) is 19.0 Å². The normalized spacial score (nSPS) is 10.8. The van der Waals surface area contributed by atoms with Crippen molar-refractivity contribution in [3.8, 4) is 0 Å². The molecule has 0 aliphatic carbocycles. The smallest absolute Gasteiger partial charge is 0.317 e. The lowest BCUT2D eigenvalue weighted by Crippen LogP contribution is -2.39. The maximum Gasteiger partial charge on any atom is 0.317 e. The number of amides is 1. The molecule has 0 saturated carbocycles. The minimum atomic E-state index is -0.675. The third kappa shape index (κ3) is 1.52. The Morgan fingerprint density at radius 1 is 1.22 bits per heavy atom. The van der Waals surface area contributed by atoms with Crippen LogP contribution < -0.4 is 16.9 Å². The highest BCUT2D eigenvalue weighted by Gasteiger charge is 2.14. The van der Waals surface area contributed by atoms with E-state index in [9.17, 15) is 14.4 Å². The van der Waals surface area contributed by atoms with Gasteiger partial charge in [0.15, 0.2) is 5.65 Å². The number of aryl methyl sites for hydroxylation is 3. The molecule has 0 spiro atoms. The highest BCUT2D eigenvalue weighted by Crippen LogP contribution is 2.12. The number of hydrogen-bond donors (Lipinski definition) is 1. The zero-order valence-corrected chi connectivity index (χ0v) is 10.2. The third-order valence-corrected chi connectivity index (χ3v) is 2.91. The molecule has 0 bridgehead atoms. The minimum absolute atomic E-state index is 0.233. The van der Waals surface area contributed by atoms with E-state index in [-0.39, 0.29) is 5.56 Å². The zero-order chi connectivity index (χ0) is 13.6. The summed E-state index contributed by atoms with van der Waals surface area (Å²) in [6.07, 6.45) is 0. The molecule has 2 rings (SSSR count). The summed E-state index contributed by atoms with van der Waals surface area (Å²) in [7, 11) is 2.91. The van der Waals surface area contributed by atoms with Crippen LogP contribution in [-0.2, 0) is 14.1 Å². The van der Waals surface area contributed by atoms with Crippen LogP contribution >= 0.6 is 0 Å². The summed E-state index contributed by atoms with van der Waals surface area (Å²) in [5.74, 6) is -0.622. The number of primary amides is 1. The van der Waals surface area contributed by atoms with Crippen LogP contribution in [0, 0.1) is 6.92 Å². The van der Waals surface area contributed by atoms with Gasteiger partial charge in [-0.25, -0.2) is 4.98 Å². The van der Waals surface area contributed by atoms with E-state index in [0.29, 0.717) is 16.9 Å². The molecule has 0 fully saturated rings. The van der Waals surface area contributed by atoms with Crippen LogP contribution in [-0.4, -0.2) is 20.0 Å². The summed E-state index contributed by atoms with van der Waals surface area (Å²) in [6, 6.07) is 1.47. The van der Waals surface area contributed by atoms with Crippen LogP contribution in [0.25, 0.3) is 11.2 Å². The Morgan fingerprint density at radius 2 is 1.78 bits per heavy atom. The highest BCUT2D eigenvalue weighted by molar-refractivity contribution is 5.96. The molecule has 7 nitrogen and oxygen atoms in total. The van der Waals surface area contributed by atoms with E-state index >= 15 is 0 Å². The summed E-state index contributed by atoms with van der Waals surface area (Å²) >= 11 is 0. The average Bonchev–Trinajstić information content (AvgIpc) is 2.33. The molecular weight excluding hydrogens is 236 g/mol. The van der Waals surface area contributed by atoms with E-state index in [2.05, 4.69) is 4.98 Å². The second-order valence-corrected chi connectivity index (χ2v) is 4.06. The van der Waals surface area contributed by atoms with Crippen molar-refractivity contribution in [3.63, 3.8) is 0 Å². The Kier molecular flexibility index (Phi) is 2.54. The quantitative estimate of drug-likeness (QED) is 0.657. The van der Waals surface area contributed by atoms with Gasteiger partial charge in [0.1, 0.15) is 0 Å². The van der Waals surface area contributed by atoms with Gasteiger partial charge in [-0.15, -0.1) is 0 Å². The van der Waals surface area contributed by atoms with Gasteiger partial charge in [0.25, 0.3) is 5.91 Å². The molecule has 7 heteroatoms. The zero-order valence-electron chi connectivity index (χ0n) is 10.2. The lowest BCUT2D eigenvalue weighted by atomic mass is 10.2. The van der Waals surface area contributed by atoms with Gasteiger partial charge in [-0.2, -0.15) is 0 Å². The standard InChI is InChI=1S/C11H12N4O3/c1-5-6(8(12)16)4-7-9(13-5)15(3)11(18)10(17)14(7)2/h4H,1-3H3,(H2,12,16). The average molecular weight is 248 g/mol. The first-order chi connectivity index (χ1) is 8.34. The number of fused-ring (bicyclic) bond motifs is 1. The molecule has 94 valence electrons. The number of aromatic nitrogens is 3. The fourth-order valence-corrected chi connectivity index (χ4v) is 1.82. The Labute approximate surface area is 101 Å². The van der Waals surface area contributed by atoms with E-state index in [1.807, 2.05) is 0 Å². The van der Waals surface area contributed by atoms with Crippen molar-refractivity contribution in [3.05, 3.63) is 38.0 Å². The maximum atomic E-state index is 11.7. The molecule has 1 amide bonds. The SMILES string of the molecule is Cc1nc2c(cc1C(N)=O)n(C)c(=O)c(=O)n2C. The maximum absolute atomic E-state index is 11.7. The Balaban J connectivity index is 3.08. The van der Waals surface area contributed by atoms with Crippen molar-refractivity contribution in [2.75, 3.05) is 0 Å². The molecule has 2 aromatic rings. The predicted molar refractivity (Wildman–Crippen MR) is 65.5 cm³/mol. The van der Waals surface area contributed by atoms with E-state index in [4.69, 9.17) is 5.73 Å². The van der Waals surface area contributed by atoms with Crippen LogP contribution in [0.2, 0.25) is 0 Å². The fraction of sp³-hybridized carbons (Fsp3) is 0.273. The number of hydrogen-bond acceptors (Lipinski definition) is 4. The van der Waals surface area contributed by atoms with Crippen LogP contribution in [0.5, 0.6) is 0 Å². The van der Waals surface area contributed by atoms with Crippen molar-refractivity contribution < 1.29 is 4.79 Å². The van der Waals surface area contributed by atoms with Crippen LogP contribution in [0.1, 0.15) is 16.1 Å². The molecule has 0 saturated heterocycles. The molecule has 0 aliphatic heterocycles. The molecule has 0 aromatic carbocycles. The van der Waals surface area contributed by atoms with Crippen LogP contribution in [0.15, 0.2) is 15.7 Å². The highest BCUT2D eigenvalue weighted by atomic mass is 16.2. The Bertz CT molecular complexity index is 785. The Morgan fingerprint density at radius 3 is 2.33 bits per heavy atom. The number of nitrogens with zero attached hydrogens (tertiary/aromatic N) is 3. The van der Waals surface area contributed by atoms with Gasteiger partial charge in [0.05, 0.1) is 16.8 Å². The summed E-state index contributed by atoms with van der Waals surface area (Å²) < 4.78 is 2.33. The molecule has 0 aliphatic rings. The number of carbonyl (C=O) groups excluding carboxylic acids is 1.